The van der Waals surface area contributed by atoms with Gasteiger partial charge in [0.1, 0.15) is 0 Å². The van der Waals surface area contributed by atoms with E-state index in [0.29, 0.717) is 38.6 Å². The van der Waals surface area contributed by atoms with Crippen LogP contribution >= 0.6 is 11.6 Å². The third-order valence-corrected chi connectivity index (χ3v) is 5.81. The maximum atomic E-state index is 13.0. The minimum Gasteiger partial charge on any atom is -0.336 e. The van der Waals surface area contributed by atoms with Crippen molar-refractivity contribution < 1.29 is 22.8 Å². The zero-order chi connectivity index (χ0) is 24.1. The number of hydrogen-bond donors (Lipinski definition) is 2. The third kappa shape index (κ3) is 7.53. The van der Waals surface area contributed by atoms with E-state index in [-0.39, 0.29) is 24.3 Å². The summed E-state index contributed by atoms with van der Waals surface area (Å²) in [6, 6.07) is 3.35. The highest BCUT2D eigenvalue weighted by Crippen LogP contribution is 2.36. The van der Waals surface area contributed by atoms with E-state index in [4.69, 9.17) is 11.6 Å². The van der Waals surface area contributed by atoms with E-state index in [0.717, 1.165) is 12.1 Å². The number of piperazine rings is 1. The smallest absolute Gasteiger partial charge is 0.336 e. The molecule has 0 aliphatic carbocycles. The summed E-state index contributed by atoms with van der Waals surface area (Å²) in [5.41, 5.74) is -0.962. The Morgan fingerprint density at radius 2 is 1.78 bits per heavy atom. The zero-order valence-electron chi connectivity index (χ0n) is 18.8. The van der Waals surface area contributed by atoms with Crippen molar-refractivity contribution in [1.82, 2.24) is 20.0 Å². The van der Waals surface area contributed by atoms with Gasteiger partial charge in [-0.2, -0.15) is 13.2 Å². The van der Waals surface area contributed by atoms with Crippen molar-refractivity contribution in [3.8, 4) is 0 Å². The van der Waals surface area contributed by atoms with Crippen molar-refractivity contribution >= 4 is 29.2 Å². The van der Waals surface area contributed by atoms with Crippen LogP contribution in [0.4, 0.5) is 23.7 Å². The van der Waals surface area contributed by atoms with Crippen molar-refractivity contribution in [2.24, 2.45) is 5.92 Å². The number of nitrogens with one attached hydrogen (secondary N) is 2. The highest BCUT2D eigenvalue weighted by atomic mass is 35.5. The first-order valence-corrected chi connectivity index (χ1v) is 10.8. The van der Waals surface area contributed by atoms with Crippen LogP contribution in [-0.4, -0.2) is 86.0 Å². The van der Waals surface area contributed by atoms with Crippen LogP contribution in [0.3, 0.4) is 0 Å². The Morgan fingerprint density at radius 3 is 2.31 bits per heavy atom. The van der Waals surface area contributed by atoms with E-state index in [2.05, 4.69) is 29.4 Å². The van der Waals surface area contributed by atoms with Crippen molar-refractivity contribution in [1.29, 1.82) is 0 Å². The number of carbonyl (C=O) groups excluding carboxylic acids is 2. The number of halogens is 4. The summed E-state index contributed by atoms with van der Waals surface area (Å²) in [6.45, 7) is 6.71. The summed E-state index contributed by atoms with van der Waals surface area (Å²) in [7, 11) is 3.96. The van der Waals surface area contributed by atoms with E-state index < -0.39 is 22.7 Å². The number of urea groups is 1. The van der Waals surface area contributed by atoms with Gasteiger partial charge in [-0.25, -0.2) is 4.79 Å². The molecule has 1 atom stereocenters. The lowest BCUT2D eigenvalue weighted by Gasteiger charge is -2.35. The molecule has 0 saturated carbocycles. The van der Waals surface area contributed by atoms with Crippen molar-refractivity contribution in [3.05, 3.63) is 28.8 Å². The van der Waals surface area contributed by atoms with Gasteiger partial charge >= 0.3 is 12.2 Å². The number of rotatable bonds is 7. The molecule has 3 amide bonds. The molecule has 0 bridgehead atoms. The SMILES string of the molecule is CC(C)C(CNC(=O)N1CCN(CC(=O)Nc2ccc(Cl)c(C(F)(F)F)c2)CC1)N(C)C. The number of amides is 3. The molecule has 1 fully saturated rings. The maximum Gasteiger partial charge on any atom is 0.417 e. The Labute approximate surface area is 191 Å². The molecule has 2 N–H and O–H groups in total. The fourth-order valence-corrected chi connectivity index (χ4v) is 3.88. The molecule has 0 aromatic heterocycles. The molecule has 180 valence electrons. The van der Waals surface area contributed by atoms with Gasteiger partial charge in [-0.05, 0) is 38.2 Å². The quantitative estimate of drug-likeness (QED) is 0.633. The summed E-state index contributed by atoms with van der Waals surface area (Å²) in [5, 5.41) is 5.03. The fraction of sp³-hybridized carbons (Fsp3) is 0.619. The number of benzene rings is 1. The molecule has 11 heteroatoms. The second kappa shape index (κ2) is 11.2. The Kier molecular flexibility index (Phi) is 9.18. The van der Waals surface area contributed by atoms with E-state index in [1.807, 2.05) is 19.0 Å². The number of nitrogens with zero attached hydrogens (tertiary/aromatic N) is 3. The molecule has 32 heavy (non-hydrogen) atoms. The number of anilines is 1. The molecular formula is C21H31ClF3N5O2. The topological polar surface area (TPSA) is 67.9 Å². The summed E-state index contributed by atoms with van der Waals surface area (Å²) in [4.78, 5) is 30.4. The normalized spacial score (nSPS) is 16.4. The molecule has 1 heterocycles. The highest BCUT2D eigenvalue weighted by Gasteiger charge is 2.33. The van der Waals surface area contributed by atoms with Crippen molar-refractivity contribution in [2.45, 2.75) is 26.1 Å². The monoisotopic (exact) mass is 477 g/mol. The van der Waals surface area contributed by atoms with Crippen LogP contribution in [0.5, 0.6) is 0 Å². The standard InChI is InChI=1S/C21H31ClF3N5O2/c1-14(2)18(28(3)4)12-26-20(32)30-9-7-29(8-10-30)13-19(31)27-15-5-6-17(22)16(11-15)21(23,24)25/h5-6,11,14,18H,7-10,12-13H2,1-4H3,(H,26,32)(H,27,31). The first-order valence-electron chi connectivity index (χ1n) is 10.5. The van der Waals surface area contributed by atoms with Crippen molar-refractivity contribution in [3.63, 3.8) is 0 Å². The van der Waals surface area contributed by atoms with Crippen LogP contribution in [0.25, 0.3) is 0 Å². The maximum absolute atomic E-state index is 13.0. The van der Waals surface area contributed by atoms with Crippen LogP contribution in [0.2, 0.25) is 5.02 Å². The Balaban J connectivity index is 1.81. The summed E-state index contributed by atoms with van der Waals surface area (Å²) in [5.74, 6) is -0.0300. The second-order valence-electron chi connectivity index (χ2n) is 8.46. The van der Waals surface area contributed by atoms with Crippen LogP contribution in [0.15, 0.2) is 18.2 Å². The van der Waals surface area contributed by atoms with E-state index >= 15 is 0 Å². The molecule has 0 spiro atoms. The lowest BCUT2D eigenvalue weighted by molar-refractivity contribution is -0.137. The average molecular weight is 478 g/mol. The Bertz CT molecular complexity index is 788. The van der Waals surface area contributed by atoms with Gasteiger partial charge in [0.05, 0.1) is 17.1 Å². The van der Waals surface area contributed by atoms with E-state index in [1.165, 1.54) is 6.07 Å². The number of likely N-dealkylation sites (N-methyl/N-ethyl adjacent to an activating group) is 1. The predicted molar refractivity (Wildman–Crippen MR) is 119 cm³/mol. The molecule has 7 nitrogen and oxygen atoms in total. The minimum absolute atomic E-state index is 0.0233. The van der Waals surface area contributed by atoms with Crippen molar-refractivity contribution in [2.75, 3.05) is 58.7 Å². The molecular weight excluding hydrogens is 447 g/mol. The molecule has 1 aromatic rings. The molecule has 1 saturated heterocycles. The third-order valence-electron chi connectivity index (χ3n) is 5.48. The second-order valence-corrected chi connectivity index (χ2v) is 8.87. The zero-order valence-corrected chi connectivity index (χ0v) is 19.6. The molecule has 1 aliphatic rings. The van der Waals surface area contributed by atoms with Gasteiger partial charge in [-0.1, -0.05) is 25.4 Å². The van der Waals surface area contributed by atoms with Gasteiger partial charge in [0.25, 0.3) is 0 Å². The predicted octanol–water partition coefficient (Wildman–Crippen LogP) is 3.21. The Morgan fingerprint density at radius 1 is 1.16 bits per heavy atom. The van der Waals surface area contributed by atoms with Gasteiger partial charge in [0, 0.05) is 44.5 Å². The first-order chi connectivity index (χ1) is 14.9. The largest absolute Gasteiger partial charge is 0.417 e. The van der Waals surface area contributed by atoms with Gasteiger partial charge in [-0.15, -0.1) is 0 Å². The number of hydrogen-bond acceptors (Lipinski definition) is 4. The van der Waals surface area contributed by atoms with Crippen LogP contribution < -0.4 is 10.6 Å². The lowest BCUT2D eigenvalue weighted by atomic mass is 10.0. The summed E-state index contributed by atoms with van der Waals surface area (Å²) in [6.07, 6.45) is -4.60. The van der Waals surface area contributed by atoms with Gasteiger partial charge < -0.3 is 20.4 Å². The minimum atomic E-state index is -4.60. The molecule has 0 radical (unpaired) electrons. The van der Waals surface area contributed by atoms with Crippen LogP contribution in [0, 0.1) is 5.92 Å². The number of carbonyl (C=O) groups is 2. The first kappa shape index (κ1) is 26.2. The average Bonchev–Trinajstić information content (AvgIpc) is 2.68. The van der Waals surface area contributed by atoms with Gasteiger partial charge in [-0.3, -0.25) is 9.69 Å². The lowest BCUT2D eigenvalue weighted by Crippen LogP contribution is -2.54. The summed E-state index contributed by atoms with van der Waals surface area (Å²) >= 11 is 5.60. The summed E-state index contributed by atoms with van der Waals surface area (Å²) < 4.78 is 38.9. The van der Waals surface area contributed by atoms with Crippen LogP contribution in [-0.2, 0) is 11.0 Å². The van der Waals surface area contributed by atoms with Crippen LogP contribution in [0.1, 0.15) is 19.4 Å². The van der Waals surface area contributed by atoms with E-state index in [9.17, 15) is 22.8 Å². The van der Waals surface area contributed by atoms with Gasteiger partial charge in [0.15, 0.2) is 0 Å². The molecule has 2 rings (SSSR count). The van der Waals surface area contributed by atoms with E-state index in [1.54, 1.807) is 4.90 Å². The highest BCUT2D eigenvalue weighted by molar-refractivity contribution is 6.31. The number of alkyl halides is 3. The molecule has 1 aromatic carbocycles. The Hall–Kier alpha value is -2.04. The molecule has 1 unspecified atom stereocenters. The fourth-order valence-electron chi connectivity index (χ4n) is 3.65. The van der Waals surface area contributed by atoms with Gasteiger partial charge in [0.2, 0.25) is 5.91 Å². The molecule has 1 aliphatic heterocycles.